The van der Waals surface area contributed by atoms with E-state index in [0.717, 1.165) is 40.6 Å². The summed E-state index contributed by atoms with van der Waals surface area (Å²) < 4.78 is 27.9. The second-order valence-corrected chi connectivity index (χ2v) is 10.0. The number of benzene rings is 3. The molecular formula is C30H34ClF2N3O3. The first-order chi connectivity index (χ1) is 18.6. The van der Waals surface area contributed by atoms with Crippen LogP contribution in [-0.4, -0.2) is 46.6 Å². The largest absolute Gasteiger partial charge is 0.390 e. The Hall–Kier alpha value is -3.17. The van der Waals surface area contributed by atoms with Gasteiger partial charge in [-0.05, 0) is 65.8 Å². The Morgan fingerprint density at radius 2 is 1.59 bits per heavy atom. The number of amides is 2. The molecule has 0 aliphatic rings. The highest BCUT2D eigenvalue weighted by atomic mass is 35.5. The quantitative estimate of drug-likeness (QED) is 0.310. The first-order valence-electron chi connectivity index (χ1n) is 12.8. The van der Waals surface area contributed by atoms with Crippen LogP contribution in [0.25, 0.3) is 0 Å². The van der Waals surface area contributed by atoms with E-state index in [1.807, 2.05) is 24.3 Å². The third-order valence-electron chi connectivity index (χ3n) is 6.49. The number of aliphatic hydroxyl groups is 1. The number of carbonyl (C=O) groups is 2. The Bertz CT molecular complexity index is 1250. The number of hydrogen-bond acceptors (Lipinski definition) is 5. The van der Waals surface area contributed by atoms with Crippen LogP contribution >= 0.6 is 11.6 Å². The van der Waals surface area contributed by atoms with Crippen LogP contribution in [-0.2, 0) is 35.4 Å². The van der Waals surface area contributed by atoms with Gasteiger partial charge in [0.2, 0.25) is 11.8 Å². The molecule has 6 nitrogen and oxygen atoms in total. The molecule has 0 fully saturated rings. The lowest BCUT2D eigenvalue weighted by Crippen LogP contribution is -2.57. The van der Waals surface area contributed by atoms with Gasteiger partial charge in [0.05, 0.1) is 18.2 Å². The molecule has 4 N–H and O–H groups in total. The smallest absolute Gasteiger partial charge is 0.246 e. The molecule has 3 atom stereocenters. The molecule has 208 valence electrons. The fraction of sp³-hybridized carbons (Fsp3) is 0.333. The Morgan fingerprint density at radius 3 is 2.21 bits per heavy atom. The Kier molecular flexibility index (Phi) is 11.1. The summed E-state index contributed by atoms with van der Waals surface area (Å²) in [4.78, 5) is 27.2. The maximum Gasteiger partial charge on any atom is 0.246 e. The van der Waals surface area contributed by atoms with Crippen molar-refractivity contribution in [2.24, 2.45) is 5.73 Å². The zero-order chi connectivity index (χ0) is 28.5. The fourth-order valence-corrected chi connectivity index (χ4v) is 4.65. The average molecular weight is 558 g/mol. The topological polar surface area (TPSA) is 95.7 Å². The monoisotopic (exact) mass is 557 g/mol. The van der Waals surface area contributed by atoms with Crippen molar-refractivity contribution < 1.29 is 23.5 Å². The highest BCUT2D eigenvalue weighted by molar-refractivity contribution is 6.30. The molecule has 3 aromatic carbocycles. The van der Waals surface area contributed by atoms with E-state index in [0.29, 0.717) is 11.6 Å². The van der Waals surface area contributed by atoms with Gasteiger partial charge < -0.3 is 16.2 Å². The summed E-state index contributed by atoms with van der Waals surface area (Å²) in [6.45, 7) is 3.71. The van der Waals surface area contributed by atoms with Gasteiger partial charge in [-0.2, -0.15) is 0 Å². The number of nitrogens with zero attached hydrogens (tertiary/aromatic N) is 1. The minimum Gasteiger partial charge on any atom is -0.390 e. The molecule has 0 bridgehead atoms. The summed E-state index contributed by atoms with van der Waals surface area (Å²) >= 11 is 5.94. The number of carbonyl (C=O) groups excluding carboxylic acids is 2. The maximum absolute atomic E-state index is 14.0. The highest BCUT2D eigenvalue weighted by Crippen LogP contribution is 2.19. The SMILES string of the molecule is CCc1cccc(CNC[C@@H](O)[C@H](Cc2cc(F)cc(F)c2)N(C(C)=O)C(=O)C(N)Cc2ccc(Cl)cc2)c1. The van der Waals surface area contributed by atoms with Gasteiger partial charge in [-0.3, -0.25) is 14.5 Å². The first kappa shape index (κ1) is 30.4. The van der Waals surface area contributed by atoms with Crippen LogP contribution < -0.4 is 11.1 Å². The minimum atomic E-state index is -1.25. The van der Waals surface area contributed by atoms with Crippen LogP contribution in [0.4, 0.5) is 8.78 Å². The van der Waals surface area contributed by atoms with E-state index in [1.165, 1.54) is 12.5 Å². The lowest BCUT2D eigenvalue weighted by Gasteiger charge is -2.34. The van der Waals surface area contributed by atoms with E-state index in [2.05, 4.69) is 12.2 Å². The molecule has 0 aliphatic carbocycles. The minimum absolute atomic E-state index is 0.0162. The van der Waals surface area contributed by atoms with Crippen molar-refractivity contribution in [2.45, 2.75) is 57.8 Å². The van der Waals surface area contributed by atoms with Crippen LogP contribution in [0.1, 0.15) is 36.1 Å². The molecule has 9 heteroatoms. The molecule has 0 saturated carbocycles. The summed E-state index contributed by atoms with van der Waals surface area (Å²) in [5.74, 6) is -2.93. The van der Waals surface area contributed by atoms with Crippen LogP contribution in [0.2, 0.25) is 5.02 Å². The number of imide groups is 1. The molecule has 0 heterocycles. The predicted molar refractivity (Wildman–Crippen MR) is 148 cm³/mol. The van der Waals surface area contributed by atoms with E-state index in [-0.39, 0.29) is 24.9 Å². The fourth-order valence-electron chi connectivity index (χ4n) is 4.52. The normalized spacial score (nSPS) is 13.5. The lowest BCUT2D eigenvalue weighted by molar-refractivity contribution is -0.150. The number of halogens is 3. The summed E-state index contributed by atoms with van der Waals surface area (Å²) in [6.07, 6.45) is -0.402. The molecule has 0 radical (unpaired) electrons. The van der Waals surface area contributed by atoms with Crippen molar-refractivity contribution in [3.05, 3.63) is 106 Å². The molecule has 3 aromatic rings. The van der Waals surface area contributed by atoms with Crippen molar-refractivity contribution in [3.63, 3.8) is 0 Å². The van der Waals surface area contributed by atoms with Gasteiger partial charge in [-0.25, -0.2) is 8.78 Å². The number of nitrogens with one attached hydrogen (secondary N) is 1. The third-order valence-corrected chi connectivity index (χ3v) is 6.74. The van der Waals surface area contributed by atoms with E-state index >= 15 is 0 Å². The van der Waals surface area contributed by atoms with Crippen molar-refractivity contribution in [3.8, 4) is 0 Å². The van der Waals surface area contributed by atoms with Gasteiger partial charge in [0.25, 0.3) is 0 Å². The van der Waals surface area contributed by atoms with Crippen molar-refractivity contribution >= 4 is 23.4 Å². The molecule has 2 amide bonds. The number of aliphatic hydroxyl groups excluding tert-OH is 1. The van der Waals surface area contributed by atoms with Crippen molar-refractivity contribution in [2.75, 3.05) is 6.54 Å². The number of nitrogens with two attached hydrogens (primary N) is 1. The third kappa shape index (κ3) is 8.93. The summed E-state index contributed by atoms with van der Waals surface area (Å²) in [5, 5.41) is 14.9. The van der Waals surface area contributed by atoms with Gasteiger partial charge in [-0.1, -0.05) is 54.9 Å². The second kappa shape index (κ2) is 14.3. The van der Waals surface area contributed by atoms with Gasteiger partial charge in [0, 0.05) is 31.1 Å². The maximum atomic E-state index is 14.0. The highest BCUT2D eigenvalue weighted by Gasteiger charge is 2.35. The molecule has 3 rings (SSSR count). The molecule has 0 saturated heterocycles. The molecule has 0 aromatic heterocycles. The molecule has 1 unspecified atom stereocenters. The second-order valence-electron chi connectivity index (χ2n) is 9.59. The van der Waals surface area contributed by atoms with E-state index in [1.54, 1.807) is 24.3 Å². The van der Waals surface area contributed by atoms with E-state index in [9.17, 15) is 23.5 Å². The predicted octanol–water partition coefficient (Wildman–Crippen LogP) is 4.19. The molecular weight excluding hydrogens is 524 g/mol. The molecule has 39 heavy (non-hydrogen) atoms. The number of rotatable bonds is 12. The number of hydrogen-bond donors (Lipinski definition) is 3. The van der Waals surface area contributed by atoms with Gasteiger partial charge in [-0.15, -0.1) is 0 Å². The average Bonchev–Trinajstić information content (AvgIpc) is 2.88. The van der Waals surface area contributed by atoms with Gasteiger partial charge in [0.1, 0.15) is 11.6 Å². The van der Waals surface area contributed by atoms with Crippen molar-refractivity contribution in [1.82, 2.24) is 10.2 Å². The van der Waals surface area contributed by atoms with Crippen LogP contribution in [0.15, 0.2) is 66.7 Å². The lowest BCUT2D eigenvalue weighted by atomic mass is 9.97. The molecule has 0 aliphatic heterocycles. The van der Waals surface area contributed by atoms with Gasteiger partial charge in [0.15, 0.2) is 0 Å². The zero-order valence-corrected chi connectivity index (χ0v) is 22.8. The standard InChI is InChI=1S/C30H34ClF2N3O3/c1-3-20-5-4-6-22(11-20)17-35-18-29(38)28(15-23-12-25(32)16-26(33)13-23)36(19(2)37)30(39)27(34)14-21-7-9-24(31)10-8-21/h4-13,16,27-29,35,38H,3,14-15,17-18,34H2,1-2H3/t27?,28-,29+/m0/s1. The van der Waals surface area contributed by atoms with E-state index < -0.39 is 41.6 Å². The van der Waals surface area contributed by atoms with Crippen LogP contribution in [0, 0.1) is 11.6 Å². The Morgan fingerprint density at radius 1 is 0.949 bits per heavy atom. The summed E-state index contributed by atoms with van der Waals surface area (Å²) in [7, 11) is 0. The van der Waals surface area contributed by atoms with Gasteiger partial charge >= 0.3 is 0 Å². The van der Waals surface area contributed by atoms with Crippen molar-refractivity contribution in [1.29, 1.82) is 0 Å². The summed E-state index contributed by atoms with van der Waals surface area (Å²) in [6, 6.07) is 15.5. The van der Waals surface area contributed by atoms with E-state index in [4.69, 9.17) is 17.3 Å². The Labute approximate surface area is 232 Å². The van der Waals surface area contributed by atoms with Crippen LogP contribution in [0.3, 0.4) is 0 Å². The summed E-state index contributed by atoms with van der Waals surface area (Å²) in [5.41, 5.74) is 9.33. The first-order valence-corrected chi connectivity index (χ1v) is 13.2. The van der Waals surface area contributed by atoms with Crippen LogP contribution in [0.5, 0.6) is 0 Å². The number of aryl methyl sites for hydroxylation is 1. The molecule has 0 spiro atoms. The zero-order valence-electron chi connectivity index (χ0n) is 22.0. The Balaban J connectivity index is 1.83.